The molecule has 4 heterocycles. The lowest BCUT2D eigenvalue weighted by atomic mass is 10.0. The van der Waals surface area contributed by atoms with Crippen molar-refractivity contribution in [3.05, 3.63) is 47.9 Å². The number of hydrogen-bond donors (Lipinski definition) is 0. The summed E-state index contributed by atoms with van der Waals surface area (Å²) < 4.78 is 15.2. The van der Waals surface area contributed by atoms with E-state index in [4.69, 9.17) is 4.98 Å². The number of pyridine rings is 1. The van der Waals surface area contributed by atoms with Crippen molar-refractivity contribution in [2.45, 2.75) is 6.92 Å². The van der Waals surface area contributed by atoms with Gasteiger partial charge < -0.3 is 9.80 Å². The van der Waals surface area contributed by atoms with Gasteiger partial charge in [-0.15, -0.1) is 0 Å². The van der Waals surface area contributed by atoms with Crippen molar-refractivity contribution in [1.82, 2.24) is 9.97 Å². The van der Waals surface area contributed by atoms with Gasteiger partial charge in [0, 0.05) is 44.2 Å². The van der Waals surface area contributed by atoms with Crippen LogP contribution in [-0.4, -0.2) is 36.1 Å². The quantitative estimate of drug-likeness (QED) is 0.702. The lowest BCUT2D eigenvalue weighted by Gasteiger charge is -2.22. The van der Waals surface area contributed by atoms with Gasteiger partial charge in [0.1, 0.15) is 0 Å². The SMILES string of the molecule is Cc1cccc2sc(N3CC4CN(c5ncccc5F)CC4C3)nc12. The van der Waals surface area contributed by atoms with Crippen LogP contribution in [0, 0.1) is 24.6 Å². The molecule has 2 aliphatic rings. The second-order valence-corrected chi connectivity index (χ2v) is 8.07. The van der Waals surface area contributed by atoms with E-state index in [1.807, 2.05) is 0 Å². The molecule has 25 heavy (non-hydrogen) atoms. The Kier molecular flexibility index (Phi) is 3.41. The predicted octanol–water partition coefficient (Wildman–Crippen LogP) is 3.71. The van der Waals surface area contributed by atoms with Crippen molar-refractivity contribution in [3.63, 3.8) is 0 Å². The minimum absolute atomic E-state index is 0.221. The van der Waals surface area contributed by atoms with Crippen LogP contribution in [-0.2, 0) is 0 Å². The Morgan fingerprint density at radius 2 is 1.80 bits per heavy atom. The Bertz CT molecular complexity index is 926. The molecule has 0 radical (unpaired) electrons. The summed E-state index contributed by atoms with van der Waals surface area (Å²) in [6.45, 7) is 5.85. The first-order valence-corrected chi connectivity index (χ1v) is 9.47. The molecule has 2 aromatic heterocycles. The lowest BCUT2D eigenvalue weighted by Crippen LogP contribution is -2.29. The number of aromatic nitrogens is 2. The van der Waals surface area contributed by atoms with Gasteiger partial charge in [-0.05, 0) is 30.7 Å². The van der Waals surface area contributed by atoms with E-state index in [9.17, 15) is 4.39 Å². The number of aryl methyl sites for hydroxylation is 1. The highest BCUT2D eigenvalue weighted by Gasteiger charge is 2.41. The molecule has 1 aromatic carbocycles. The summed E-state index contributed by atoms with van der Waals surface area (Å²) in [5.74, 6) is 1.38. The standard InChI is InChI=1S/C19H19FN4S/c1-12-4-2-6-16-17(12)22-19(25-16)24-10-13-8-23(9-14(13)11-24)18-15(20)5-3-7-21-18/h2-7,13-14H,8-11H2,1H3. The van der Waals surface area contributed by atoms with Crippen LogP contribution in [0.2, 0.25) is 0 Å². The molecule has 2 aliphatic heterocycles. The number of thiazole rings is 1. The van der Waals surface area contributed by atoms with Crippen LogP contribution in [0.3, 0.4) is 0 Å². The van der Waals surface area contributed by atoms with Crippen molar-refractivity contribution in [1.29, 1.82) is 0 Å². The molecule has 3 aromatic rings. The number of rotatable bonds is 2. The van der Waals surface area contributed by atoms with Gasteiger partial charge in [0.15, 0.2) is 16.8 Å². The fourth-order valence-corrected chi connectivity index (χ4v) is 5.20. The Balaban J connectivity index is 1.35. The molecule has 0 amide bonds. The molecule has 0 spiro atoms. The first kappa shape index (κ1) is 15.1. The van der Waals surface area contributed by atoms with Crippen LogP contribution >= 0.6 is 11.3 Å². The van der Waals surface area contributed by atoms with Crippen LogP contribution < -0.4 is 9.80 Å². The summed E-state index contributed by atoms with van der Waals surface area (Å²) in [5, 5.41) is 1.12. The molecule has 4 nitrogen and oxygen atoms in total. The van der Waals surface area contributed by atoms with Gasteiger partial charge >= 0.3 is 0 Å². The van der Waals surface area contributed by atoms with Gasteiger partial charge in [0.05, 0.1) is 10.2 Å². The van der Waals surface area contributed by atoms with E-state index in [2.05, 4.69) is 39.9 Å². The molecule has 0 saturated carbocycles. The van der Waals surface area contributed by atoms with Gasteiger partial charge in [-0.1, -0.05) is 23.5 Å². The smallest absolute Gasteiger partial charge is 0.186 e. The van der Waals surface area contributed by atoms with Crippen molar-refractivity contribution in [2.24, 2.45) is 11.8 Å². The molecule has 0 bridgehead atoms. The van der Waals surface area contributed by atoms with E-state index in [0.29, 0.717) is 17.7 Å². The topological polar surface area (TPSA) is 32.3 Å². The number of halogens is 1. The van der Waals surface area contributed by atoms with E-state index < -0.39 is 0 Å². The first-order valence-electron chi connectivity index (χ1n) is 8.65. The van der Waals surface area contributed by atoms with Crippen LogP contribution in [0.5, 0.6) is 0 Å². The molecule has 6 heteroatoms. The monoisotopic (exact) mass is 354 g/mol. The van der Waals surface area contributed by atoms with Gasteiger partial charge in [-0.2, -0.15) is 0 Å². The maximum absolute atomic E-state index is 14.0. The van der Waals surface area contributed by atoms with E-state index >= 15 is 0 Å². The summed E-state index contributed by atoms with van der Waals surface area (Å²) in [6, 6.07) is 9.49. The molecule has 2 saturated heterocycles. The van der Waals surface area contributed by atoms with Gasteiger partial charge in [-0.3, -0.25) is 0 Å². The minimum atomic E-state index is -0.221. The van der Waals surface area contributed by atoms with Crippen LogP contribution in [0.15, 0.2) is 36.5 Å². The predicted molar refractivity (Wildman–Crippen MR) is 100.0 cm³/mol. The molecule has 2 atom stereocenters. The highest BCUT2D eigenvalue weighted by Crippen LogP contribution is 2.39. The van der Waals surface area contributed by atoms with E-state index in [-0.39, 0.29) is 5.82 Å². The molecular weight excluding hydrogens is 335 g/mol. The fourth-order valence-electron chi connectivity index (χ4n) is 4.14. The Morgan fingerprint density at radius 1 is 1.04 bits per heavy atom. The lowest BCUT2D eigenvalue weighted by molar-refractivity contribution is 0.533. The molecule has 0 N–H and O–H groups in total. The highest BCUT2D eigenvalue weighted by atomic mass is 32.1. The first-order chi connectivity index (χ1) is 12.2. The number of nitrogens with zero attached hydrogens (tertiary/aromatic N) is 4. The third kappa shape index (κ3) is 2.47. The zero-order valence-electron chi connectivity index (χ0n) is 14.0. The van der Waals surface area contributed by atoms with E-state index in [1.165, 1.54) is 16.3 Å². The molecule has 2 unspecified atom stereocenters. The van der Waals surface area contributed by atoms with Gasteiger partial charge in [-0.25, -0.2) is 14.4 Å². The summed E-state index contributed by atoms with van der Waals surface area (Å²) in [7, 11) is 0. The van der Waals surface area contributed by atoms with Crippen LogP contribution in [0.25, 0.3) is 10.2 Å². The van der Waals surface area contributed by atoms with Crippen molar-refractivity contribution >= 4 is 32.5 Å². The summed E-state index contributed by atoms with van der Waals surface area (Å²) in [5.41, 5.74) is 2.35. The number of hydrogen-bond acceptors (Lipinski definition) is 5. The van der Waals surface area contributed by atoms with Gasteiger partial charge in [0.2, 0.25) is 0 Å². The number of benzene rings is 1. The summed E-state index contributed by atoms with van der Waals surface area (Å²) in [4.78, 5) is 13.6. The molecule has 128 valence electrons. The maximum Gasteiger partial charge on any atom is 0.186 e. The molecule has 5 rings (SSSR count). The van der Waals surface area contributed by atoms with Crippen LogP contribution in [0.1, 0.15) is 5.56 Å². The Morgan fingerprint density at radius 3 is 2.52 bits per heavy atom. The zero-order valence-corrected chi connectivity index (χ0v) is 14.8. The highest BCUT2D eigenvalue weighted by molar-refractivity contribution is 7.22. The number of anilines is 2. The van der Waals surface area contributed by atoms with E-state index in [0.717, 1.165) is 36.8 Å². The number of fused-ring (bicyclic) bond motifs is 2. The Hall–Kier alpha value is -2.21. The zero-order chi connectivity index (χ0) is 17.0. The largest absolute Gasteiger partial charge is 0.353 e. The normalized spacial score (nSPS) is 22.8. The molecule has 0 aliphatic carbocycles. The third-order valence-electron chi connectivity index (χ3n) is 5.40. The second kappa shape index (κ2) is 5.66. The average molecular weight is 354 g/mol. The average Bonchev–Trinajstić information content (AvgIpc) is 3.27. The summed E-state index contributed by atoms with van der Waals surface area (Å²) >= 11 is 1.78. The molecular formula is C19H19FN4S. The second-order valence-electron chi connectivity index (χ2n) is 7.06. The van der Waals surface area contributed by atoms with Crippen molar-refractivity contribution in [3.8, 4) is 0 Å². The van der Waals surface area contributed by atoms with Crippen molar-refractivity contribution < 1.29 is 4.39 Å². The molecule has 2 fully saturated rings. The minimum Gasteiger partial charge on any atom is -0.353 e. The van der Waals surface area contributed by atoms with Crippen molar-refractivity contribution in [2.75, 3.05) is 36.0 Å². The fraction of sp³-hybridized carbons (Fsp3) is 0.368. The maximum atomic E-state index is 14.0. The third-order valence-corrected chi connectivity index (χ3v) is 6.49. The number of para-hydroxylation sites is 1. The Labute approximate surface area is 149 Å². The van der Waals surface area contributed by atoms with E-state index in [1.54, 1.807) is 23.6 Å². The van der Waals surface area contributed by atoms with Gasteiger partial charge in [0.25, 0.3) is 0 Å². The van der Waals surface area contributed by atoms with Crippen LogP contribution in [0.4, 0.5) is 15.3 Å². The summed E-state index contributed by atoms with van der Waals surface area (Å²) in [6.07, 6.45) is 1.67.